The van der Waals surface area contributed by atoms with Gasteiger partial charge in [-0.15, -0.1) is 0 Å². The largest absolute Gasteiger partial charge is 0.393 e. The first-order valence-corrected chi connectivity index (χ1v) is 13.7. The van der Waals surface area contributed by atoms with Crippen LogP contribution in [0.1, 0.15) is 111 Å². The van der Waals surface area contributed by atoms with Gasteiger partial charge in [-0.25, -0.2) is 0 Å². The van der Waals surface area contributed by atoms with Crippen molar-refractivity contribution < 1.29 is 10.2 Å². The topological polar surface area (TPSA) is 40.5 Å². The molecule has 0 bridgehead atoms. The molecule has 0 aliphatic heterocycles. The first kappa shape index (κ1) is 21.7. The van der Waals surface area contributed by atoms with Crippen molar-refractivity contribution in [1.29, 1.82) is 0 Å². The van der Waals surface area contributed by atoms with Crippen molar-refractivity contribution in [2.45, 2.75) is 123 Å². The van der Waals surface area contributed by atoms with Crippen LogP contribution in [0.5, 0.6) is 0 Å². The first-order chi connectivity index (χ1) is 14.3. The summed E-state index contributed by atoms with van der Waals surface area (Å²) in [5, 5.41) is 20.5. The van der Waals surface area contributed by atoms with Crippen molar-refractivity contribution in [2.24, 2.45) is 52.3 Å². The van der Waals surface area contributed by atoms with Crippen LogP contribution in [0.2, 0.25) is 0 Å². The van der Waals surface area contributed by atoms with E-state index >= 15 is 0 Å². The van der Waals surface area contributed by atoms with Gasteiger partial charge >= 0.3 is 0 Å². The zero-order chi connectivity index (χ0) is 21.1. The lowest BCUT2D eigenvalue weighted by atomic mass is 9.44. The summed E-state index contributed by atoms with van der Waals surface area (Å²) in [6.45, 7) is 7.83. The van der Waals surface area contributed by atoms with Crippen molar-refractivity contribution in [1.82, 2.24) is 0 Å². The lowest BCUT2D eigenvalue weighted by Crippen LogP contribution is -2.54. The Labute approximate surface area is 185 Å². The van der Waals surface area contributed by atoms with Crippen molar-refractivity contribution in [3.05, 3.63) is 0 Å². The van der Waals surface area contributed by atoms with Crippen LogP contribution in [0, 0.1) is 52.3 Å². The average Bonchev–Trinajstić information content (AvgIpc) is 3.50. The van der Waals surface area contributed by atoms with E-state index in [-0.39, 0.29) is 12.2 Å². The molecule has 0 radical (unpaired) electrons. The summed E-state index contributed by atoms with van der Waals surface area (Å²) < 4.78 is 0. The molecule has 2 nitrogen and oxygen atoms in total. The number of hydrogen-bond acceptors (Lipinski definition) is 2. The molecule has 0 heterocycles. The van der Waals surface area contributed by atoms with E-state index in [1.54, 1.807) is 0 Å². The van der Waals surface area contributed by atoms with E-state index in [1.807, 2.05) is 0 Å². The van der Waals surface area contributed by atoms with E-state index in [1.165, 1.54) is 70.6 Å². The highest BCUT2D eigenvalue weighted by Crippen LogP contribution is 2.68. The number of aliphatic hydroxyl groups is 2. The fourth-order valence-corrected chi connectivity index (χ4v) is 9.78. The van der Waals surface area contributed by atoms with Gasteiger partial charge in [0.25, 0.3) is 0 Å². The first-order valence-electron chi connectivity index (χ1n) is 13.7. The van der Waals surface area contributed by atoms with Crippen LogP contribution in [0.3, 0.4) is 0 Å². The zero-order valence-corrected chi connectivity index (χ0v) is 20.0. The number of fused-ring (bicyclic) bond motifs is 5. The molecule has 0 amide bonds. The molecule has 5 rings (SSSR count). The molecule has 0 spiro atoms. The summed E-state index contributed by atoms with van der Waals surface area (Å²) in [5.74, 6) is 5.96. The van der Waals surface area contributed by atoms with Gasteiger partial charge in [-0.3, -0.25) is 0 Å². The minimum Gasteiger partial charge on any atom is -0.393 e. The molecule has 0 aromatic carbocycles. The molecular weight excluding hydrogens is 368 g/mol. The van der Waals surface area contributed by atoms with E-state index in [0.717, 1.165) is 54.8 Å². The van der Waals surface area contributed by atoms with Crippen molar-refractivity contribution in [3.63, 3.8) is 0 Å². The maximum absolute atomic E-state index is 10.3. The van der Waals surface area contributed by atoms with Crippen LogP contribution >= 0.6 is 0 Å². The van der Waals surface area contributed by atoms with Crippen LogP contribution in [0.4, 0.5) is 0 Å². The molecule has 0 saturated heterocycles. The van der Waals surface area contributed by atoms with Gasteiger partial charge in [0.15, 0.2) is 0 Å². The van der Waals surface area contributed by atoms with Gasteiger partial charge in [0.05, 0.1) is 12.2 Å². The second kappa shape index (κ2) is 8.05. The third-order valence-electron chi connectivity index (χ3n) is 11.7. The Kier molecular flexibility index (Phi) is 5.84. The number of rotatable bonds is 6. The molecule has 5 aliphatic carbocycles. The maximum atomic E-state index is 10.3. The van der Waals surface area contributed by atoms with Gasteiger partial charge in [-0.05, 0) is 129 Å². The van der Waals surface area contributed by atoms with E-state index < -0.39 is 0 Å². The van der Waals surface area contributed by atoms with Crippen LogP contribution in [0.15, 0.2) is 0 Å². The Morgan fingerprint density at radius 1 is 0.833 bits per heavy atom. The molecule has 0 aromatic heterocycles. The minimum atomic E-state index is -0.0244. The normalized spacial score (nSPS) is 50.3. The summed E-state index contributed by atoms with van der Waals surface area (Å²) in [6, 6.07) is 0. The van der Waals surface area contributed by atoms with Crippen LogP contribution in [-0.2, 0) is 0 Å². The fraction of sp³-hybridized carbons (Fsp3) is 1.00. The zero-order valence-electron chi connectivity index (χ0n) is 20.0. The molecule has 30 heavy (non-hydrogen) atoms. The SMILES string of the molecule is C[C@H](CCCC(O)C1CC1)[C@H]1CC[C@H]2[C@@H]3CCC4C[C@@H](O)CC[C@]4(C)[C@H]3CC[C@]12C. The monoisotopic (exact) mass is 416 g/mol. The van der Waals surface area contributed by atoms with Gasteiger partial charge < -0.3 is 10.2 Å². The lowest BCUT2D eigenvalue weighted by Gasteiger charge is -2.61. The van der Waals surface area contributed by atoms with Crippen molar-refractivity contribution in [2.75, 3.05) is 0 Å². The molecule has 172 valence electrons. The van der Waals surface area contributed by atoms with Gasteiger partial charge in [0.2, 0.25) is 0 Å². The van der Waals surface area contributed by atoms with E-state index in [9.17, 15) is 10.2 Å². The molecule has 2 heteroatoms. The third kappa shape index (κ3) is 3.60. The third-order valence-corrected chi connectivity index (χ3v) is 11.7. The molecule has 5 saturated carbocycles. The Morgan fingerprint density at radius 3 is 2.33 bits per heavy atom. The summed E-state index contributed by atoms with van der Waals surface area (Å²) in [4.78, 5) is 0. The predicted molar refractivity (Wildman–Crippen MR) is 123 cm³/mol. The second-order valence-electron chi connectivity index (χ2n) is 13.1. The van der Waals surface area contributed by atoms with E-state index in [0.29, 0.717) is 16.7 Å². The molecule has 0 aromatic rings. The molecule has 2 unspecified atom stereocenters. The van der Waals surface area contributed by atoms with Gasteiger partial charge in [-0.1, -0.05) is 33.6 Å². The van der Waals surface area contributed by atoms with Gasteiger partial charge in [0, 0.05) is 0 Å². The standard InChI is InChI=1S/C28H48O2/c1-18(5-4-6-26(30)19-7-8-19)23-11-12-24-22-10-9-20-17-21(29)13-15-27(20,2)25(22)14-16-28(23,24)3/h18-26,29-30H,4-17H2,1-3H3/t18-,20?,21+,22+,23-,24+,25+,26?,27+,28-/m1/s1. The van der Waals surface area contributed by atoms with Crippen LogP contribution in [-0.4, -0.2) is 22.4 Å². The average molecular weight is 417 g/mol. The molecule has 5 fully saturated rings. The van der Waals surface area contributed by atoms with Crippen LogP contribution in [0.25, 0.3) is 0 Å². The van der Waals surface area contributed by atoms with Crippen LogP contribution < -0.4 is 0 Å². The smallest absolute Gasteiger partial charge is 0.0568 e. The van der Waals surface area contributed by atoms with Gasteiger partial charge in [-0.2, -0.15) is 0 Å². The highest BCUT2D eigenvalue weighted by atomic mass is 16.3. The highest BCUT2D eigenvalue weighted by Gasteiger charge is 2.60. The predicted octanol–water partition coefficient (Wildman–Crippen LogP) is 6.58. The summed E-state index contributed by atoms with van der Waals surface area (Å²) in [6.07, 6.45) is 18.1. The van der Waals surface area contributed by atoms with Crippen molar-refractivity contribution >= 4 is 0 Å². The maximum Gasteiger partial charge on any atom is 0.0568 e. The fourth-order valence-electron chi connectivity index (χ4n) is 9.78. The quantitative estimate of drug-likeness (QED) is 0.513. The van der Waals surface area contributed by atoms with E-state index in [2.05, 4.69) is 20.8 Å². The highest BCUT2D eigenvalue weighted by molar-refractivity contribution is 5.09. The van der Waals surface area contributed by atoms with E-state index in [4.69, 9.17) is 0 Å². The Bertz CT molecular complexity index is 614. The minimum absolute atomic E-state index is 0.00973. The molecule has 5 aliphatic rings. The second-order valence-corrected chi connectivity index (χ2v) is 13.1. The Balaban J connectivity index is 1.23. The number of hydrogen-bond donors (Lipinski definition) is 2. The summed E-state index contributed by atoms with van der Waals surface area (Å²) in [7, 11) is 0. The summed E-state index contributed by atoms with van der Waals surface area (Å²) >= 11 is 0. The number of aliphatic hydroxyl groups excluding tert-OH is 2. The summed E-state index contributed by atoms with van der Waals surface area (Å²) in [5.41, 5.74) is 1.07. The molecular formula is C28H48O2. The molecule has 2 N–H and O–H groups in total. The van der Waals surface area contributed by atoms with Crippen molar-refractivity contribution in [3.8, 4) is 0 Å². The van der Waals surface area contributed by atoms with Gasteiger partial charge in [0.1, 0.15) is 0 Å². The lowest BCUT2D eigenvalue weighted by molar-refractivity contribution is -0.129. The Hall–Kier alpha value is -0.0800. The Morgan fingerprint density at radius 2 is 1.57 bits per heavy atom. The molecule has 10 atom stereocenters.